The molecule has 1 fully saturated rings. The van der Waals surface area contributed by atoms with Gasteiger partial charge in [0.25, 0.3) is 0 Å². The Hall–Kier alpha value is -1.09. The Balaban J connectivity index is 2.18. The molecule has 0 aromatic carbocycles. The molecule has 15 heavy (non-hydrogen) atoms. The molecule has 1 aromatic heterocycles. The molecule has 1 aromatic rings. The van der Waals surface area contributed by atoms with Gasteiger partial charge in [0, 0.05) is 12.2 Å². The summed E-state index contributed by atoms with van der Waals surface area (Å²) < 4.78 is 0. The first-order valence-corrected chi connectivity index (χ1v) is 5.64. The zero-order valence-electron chi connectivity index (χ0n) is 9.24. The van der Waals surface area contributed by atoms with Crippen molar-refractivity contribution < 1.29 is 0 Å². The summed E-state index contributed by atoms with van der Waals surface area (Å²) >= 11 is 0. The van der Waals surface area contributed by atoms with Crippen molar-refractivity contribution in [3.8, 4) is 0 Å². The molecule has 4 N–H and O–H groups in total. The van der Waals surface area contributed by atoms with Crippen molar-refractivity contribution in [1.29, 1.82) is 0 Å². The molecular formula is C12H19N3. The van der Waals surface area contributed by atoms with E-state index in [-0.39, 0.29) is 0 Å². The van der Waals surface area contributed by atoms with Crippen LogP contribution in [0.4, 0.5) is 5.82 Å². The fourth-order valence-electron chi connectivity index (χ4n) is 2.36. The SMILES string of the molecule is Cc1cnc(N)c(C2CCC(N)CC2)c1. The molecule has 1 saturated carbocycles. The maximum Gasteiger partial charge on any atom is 0.126 e. The molecule has 82 valence electrons. The third-order valence-corrected chi connectivity index (χ3v) is 3.30. The van der Waals surface area contributed by atoms with Gasteiger partial charge in [-0.3, -0.25) is 0 Å². The van der Waals surface area contributed by atoms with Crippen molar-refractivity contribution in [3.63, 3.8) is 0 Å². The van der Waals surface area contributed by atoms with Gasteiger partial charge in [-0.15, -0.1) is 0 Å². The minimum absolute atomic E-state index is 0.389. The zero-order valence-corrected chi connectivity index (χ0v) is 9.24. The van der Waals surface area contributed by atoms with Crippen LogP contribution in [0.5, 0.6) is 0 Å². The van der Waals surface area contributed by atoms with Gasteiger partial charge in [0.05, 0.1) is 0 Å². The predicted octanol–water partition coefficient (Wildman–Crippen LogP) is 1.96. The number of aromatic nitrogens is 1. The van der Waals surface area contributed by atoms with Gasteiger partial charge in [0.1, 0.15) is 5.82 Å². The number of nitrogens with zero attached hydrogens (tertiary/aromatic N) is 1. The van der Waals surface area contributed by atoms with Gasteiger partial charge in [-0.1, -0.05) is 6.07 Å². The van der Waals surface area contributed by atoms with E-state index >= 15 is 0 Å². The van der Waals surface area contributed by atoms with Gasteiger partial charge in [0.15, 0.2) is 0 Å². The number of aryl methyl sites for hydroxylation is 1. The van der Waals surface area contributed by atoms with Crippen molar-refractivity contribution in [3.05, 3.63) is 23.4 Å². The third-order valence-electron chi connectivity index (χ3n) is 3.30. The monoisotopic (exact) mass is 205 g/mol. The Labute approximate surface area is 90.9 Å². The Kier molecular flexibility index (Phi) is 2.91. The van der Waals surface area contributed by atoms with Crippen LogP contribution >= 0.6 is 0 Å². The summed E-state index contributed by atoms with van der Waals surface area (Å²) in [6, 6.07) is 2.56. The van der Waals surface area contributed by atoms with Crippen LogP contribution in [0.15, 0.2) is 12.3 Å². The summed E-state index contributed by atoms with van der Waals surface area (Å²) in [4.78, 5) is 4.22. The first kappa shape index (κ1) is 10.4. The number of nitrogens with two attached hydrogens (primary N) is 2. The van der Waals surface area contributed by atoms with Crippen molar-refractivity contribution in [1.82, 2.24) is 4.98 Å². The maximum atomic E-state index is 5.91. The topological polar surface area (TPSA) is 64.9 Å². The smallest absolute Gasteiger partial charge is 0.126 e. The molecule has 0 radical (unpaired) electrons. The van der Waals surface area contributed by atoms with Crippen LogP contribution in [-0.2, 0) is 0 Å². The van der Waals surface area contributed by atoms with E-state index in [4.69, 9.17) is 11.5 Å². The lowest BCUT2D eigenvalue weighted by atomic mass is 9.82. The molecule has 0 unspecified atom stereocenters. The lowest BCUT2D eigenvalue weighted by Gasteiger charge is -2.27. The van der Waals surface area contributed by atoms with Crippen molar-refractivity contribution in [2.24, 2.45) is 5.73 Å². The Morgan fingerprint density at radius 2 is 1.93 bits per heavy atom. The lowest BCUT2D eigenvalue weighted by Crippen LogP contribution is -2.26. The Morgan fingerprint density at radius 3 is 2.60 bits per heavy atom. The molecular weight excluding hydrogens is 186 g/mol. The van der Waals surface area contributed by atoms with Crippen molar-refractivity contribution in [2.75, 3.05) is 5.73 Å². The van der Waals surface area contributed by atoms with Crippen LogP contribution in [0.3, 0.4) is 0 Å². The lowest BCUT2D eigenvalue weighted by molar-refractivity contribution is 0.395. The Morgan fingerprint density at radius 1 is 1.27 bits per heavy atom. The molecule has 1 aliphatic carbocycles. The summed E-state index contributed by atoms with van der Waals surface area (Å²) in [6.45, 7) is 2.06. The van der Waals surface area contributed by atoms with E-state index in [2.05, 4.69) is 18.0 Å². The number of hydrogen-bond donors (Lipinski definition) is 2. The molecule has 0 bridgehead atoms. The highest BCUT2D eigenvalue weighted by atomic mass is 14.8. The molecule has 0 spiro atoms. The average Bonchev–Trinajstić information content (AvgIpc) is 2.23. The highest BCUT2D eigenvalue weighted by Crippen LogP contribution is 2.34. The normalized spacial score (nSPS) is 26.5. The average molecular weight is 205 g/mol. The summed E-state index contributed by atoms with van der Waals surface area (Å²) in [7, 11) is 0. The number of hydrogen-bond acceptors (Lipinski definition) is 3. The van der Waals surface area contributed by atoms with E-state index in [1.54, 1.807) is 0 Å². The second-order valence-corrected chi connectivity index (χ2v) is 4.60. The first-order chi connectivity index (χ1) is 7.16. The van der Waals surface area contributed by atoms with Gasteiger partial charge < -0.3 is 11.5 Å². The number of pyridine rings is 1. The summed E-state index contributed by atoms with van der Waals surface area (Å²) in [5.41, 5.74) is 14.2. The number of nitrogen functional groups attached to an aromatic ring is 1. The summed E-state index contributed by atoms with van der Waals surface area (Å²) in [6.07, 6.45) is 6.34. The van der Waals surface area contributed by atoms with Crippen molar-refractivity contribution in [2.45, 2.75) is 44.6 Å². The van der Waals surface area contributed by atoms with Crippen LogP contribution in [0.1, 0.15) is 42.7 Å². The summed E-state index contributed by atoms with van der Waals surface area (Å²) in [5.74, 6) is 1.26. The van der Waals surface area contributed by atoms with Gasteiger partial charge in [-0.25, -0.2) is 4.98 Å². The van der Waals surface area contributed by atoms with Crippen LogP contribution < -0.4 is 11.5 Å². The second-order valence-electron chi connectivity index (χ2n) is 4.60. The van der Waals surface area contributed by atoms with E-state index in [0.29, 0.717) is 17.8 Å². The largest absolute Gasteiger partial charge is 0.383 e. The minimum Gasteiger partial charge on any atom is -0.383 e. The summed E-state index contributed by atoms with van der Waals surface area (Å²) in [5, 5.41) is 0. The van der Waals surface area contributed by atoms with E-state index < -0.39 is 0 Å². The number of rotatable bonds is 1. The molecule has 0 saturated heterocycles. The van der Waals surface area contributed by atoms with Crippen molar-refractivity contribution >= 4 is 5.82 Å². The Bertz CT molecular complexity index is 341. The van der Waals surface area contributed by atoms with Gasteiger partial charge in [-0.05, 0) is 49.7 Å². The highest BCUT2D eigenvalue weighted by Gasteiger charge is 2.21. The molecule has 3 nitrogen and oxygen atoms in total. The fourth-order valence-corrected chi connectivity index (χ4v) is 2.36. The molecule has 1 heterocycles. The van der Waals surface area contributed by atoms with E-state index in [1.807, 2.05) is 6.20 Å². The van der Waals surface area contributed by atoms with E-state index in [9.17, 15) is 0 Å². The molecule has 0 atom stereocenters. The van der Waals surface area contributed by atoms with Gasteiger partial charge in [-0.2, -0.15) is 0 Å². The molecule has 3 heteroatoms. The third kappa shape index (κ3) is 2.29. The molecule has 2 rings (SSSR count). The van der Waals surface area contributed by atoms with Gasteiger partial charge >= 0.3 is 0 Å². The molecule has 0 aliphatic heterocycles. The minimum atomic E-state index is 0.389. The maximum absolute atomic E-state index is 5.91. The first-order valence-electron chi connectivity index (χ1n) is 5.64. The molecule has 1 aliphatic rings. The van der Waals surface area contributed by atoms with E-state index in [0.717, 1.165) is 25.7 Å². The fraction of sp³-hybridized carbons (Fsp3) is 0.583. The highest BCUT2D eigenvalue weighted by molar-refractivity contribution is 5.43. The van der Waals surface area contributed by atoms with Crippen LogP contribution in [-0.4, -0.2) is 11.0 Å². The van der Waals surface area contributed by atoms with Gasteiger partial charge in [0.2, 0.25) is 0 Å². The standard InChI is InChI=1S/C12H19N3/c1-8-6-11(12(14)15-7-8)9-2-4-10(13)5-3-9/h6-7,9-10H,2-5,13H2,1H3,(H2,14,15). The van der Waals surface area contributed by atoms with Crippen LogP contribution in [0.25, 0.3) is 0 Å². The van der Waals surface area contributed by atoms with E-state index in [1.165, 1.54) is 11.1 Å². The molecule has 0 amide bonds. The quantitative estimate of drug-likeness (QED) is 0.736. The zero-order chi connectivity index (χ0) is 10.8. The predicted molar refractivity (Wildman–Crippen MR) is 62.6 cm³/mol. The van der Waals surface area contributed by atoms with Crippen LogP contribution in [0, 0.1) is 6.92 Å². The van der Waals surface area contributed by atoms with Crippen LogP contribution in [0.2, 0.25) is 0 Å². The number of anilines is 1. The second kappa shape index (κ2) is 4.19.